The quantitative estimate of drug-likeness (QED) is 0.573. The highest BCUT2D eigenvalue weighted by molar-refractivity contribution is 7.91. The summed E-state index contributed by atoms with van der Waals surface area (Å²) < 4.78 is 25.3. The van der Waals surface area contributed by atoms with Gasteiger partial charge in [0.05, 0.1) is 22.0 Å². The van der Waals surface area contributed by atoms with Gasteiger partial charge >= 0.3 is 0 Å². The number of nitrogens with zero attached hydrogens (tertiary/aromatic N) is 2. The maximum absolute atomic E-state index is 13.2. The molecule has 1 aliphatic rings. The summed E-state index contributed by atoms with van der Waals surface area (Å²) in [6, 6.07) is 25.8. The van der Waals surface area contributed by atoms with Gasteiger partial charge in [0.15, 0.2) is 9.84 Å². The molecule has 0 bridgehead atoms. The second-order valence-electron chi connectivity index (χ2n) is 6.94. The van der Waals surface area contributed by atoms with Crippen molar-refractivity contribution in [3.8, 4) is 0 Å². The maximum atomic E-state index is 13.2. The SMILES string of the molecule is O=C1C(CCS(=O)(=O)c2ccccc2)C(=O)N(c2ccccc2)N1c1ccccc1. The van der Waals surface area contributed by atoms with Crippen LogP contribution in [0.1, 0.15) is 6.42 Å². The lowest BCUT2D eigenvalue weighted by atomic mass is 10.1. The van der Waals surface area contributed by atoms with Crippen LogP contribution in [-0.2, 0) is 19.4 Å². The Morgan fingerprint density at radius 3 is 1.47 bits per heavy atom. The minimum Gasteiger partial charge on any atom is -0.272 e. The molecule has 0 N–H and O–H groups in total. The van der Waals surface area contributed by atoms with E-state index in [1.165, 1.54) is 22.2 Å². The average molecular weight is 420 g/mol. The lowest BCUT2D eigenvalue weighted by Crippen LogP contribution is -2.41. The predicted molar refractivity (Wildman–Crippen MR) is 114 cm³/mol. The van der Waals surface area contributed by atoms with Crippen LogP contribution in [0.3, 0.4) is 0 Å². The van der Waals surface area contributed by atoms with Crippen LogP contribution in [0.2, 0.25) is 0 Å². The second-order valence-corrected chi connectivity index (χ2v) is 9.05. The van der Waals surface area contributed by atoms with Gasteiger partial charge in [0.25, 0.3) is 11.8 Å². The molecule has 1 aliphatic heterocycles. The van der Waals surface area contributed by atoms with Crippen LogP contribution < -0.4 is 10.0 Å². The van der Waals surface area contributed by atoms with Gasteiger partial charge in [-0.3, -0.25) is 9.59 Å². The number of benzene rings is 3. The molecule has 3 aromatic rings. The van der Waals surface area contributed by atoms with E-state index in [9.17, 15) is 18.0 Å². The Kier molecular flexibility index (Phi) is 5.37. The molecule has 1 heterocycles. The van der Waals surface area contributed by atoms with E-state index in [4.69, 9.17) is 0 Å². The van der Waals surface area contributed by atoms with Crippen molar-refractivity contribution in [3.05, 3.63) is 91.0 Å². The van der Waals surface area contributed by atoms with Crippen LogP contribution in [0.4, 0.5) is 11.4 Å². The molecule has 0 saturated carbocycles. The Balaban J connectivity index is 1.65. The zero-order valence-corrected chi connectivity index (χ0v) is 16.9. The van der Waals surface area contributed by atoms with Gasteiger partial charge in [-0.1, -0.05) is 54.6 Å². The van der Waals surface area contributed by atoms with Crippen molar-refractivity contribution in [1.29, 1.82) is 0 Å². The molecule has 6 nitrogen and oxygen atoms in total. The van der Waals surface area contributed by atoms with Gasteiger partial charge in [0, 0.05) is 0 Å². The minimum absolute atomic E-state index is 0.0818. The van der Waals surface area contributed by atoms with Crippen molar-refractivity contribution < 1.29 is 18.0 Å². The molecule has 0 atom stereocenters. The zero-order valence-electron chi connectivity index (χ0n) is 16.1. The monoisotopic (exact) mass is 420 g/mol. The molecule has 2 amide bonds. The summed E-state index contributed by atoms with van der Waals surface area (Å²) in [5, 5.41) is 2.66. The number of hydrazine groups is 1. The number of anilines is 2. The highest BCUT2D eigenvalue weighted by Crippen LogP contribution is 2.33. The van der Waals surface area contributed by atoms with Gasteiger partial charge in [0.1, 0.15) is 5.92 Å². The summed E-state index contributed by atoms with van der Waals surface area (Å²) in [6.45, 7) is 0. The van der Waals surface area contributed by atoms with Crippen molar-refractivity contribution >= 4 is 33.0 Å². The first-order valence-electron chi connectivity index (χ1n) is 9.55. The fourth-order valence-corrected chi connectivity index (χ4v) is 4.84. The number of hydrogen-bond donors (Lipinski definition) is 0. The second kappa shape index (κ2) is 8.12. The fraction of sp³-hybridized carbons (Fsp3) is 0.130. The van der Waals surface area contributed by atoms with Gasteiger partial charge in [-0.2, -0.15) is 0 Å². The minimum atomic E-state index is -3.60. The molecule has 0 radical (unpaired) electrons. The van der Waals surface area contributed by atoms with Gasteiger partial charge in [-0.15, -0.1) is 0 Å². The van der Waals surface area contributed by atoms with E-state index in [2.05, 4.69) is 0 Å². The van der Waals surface area contributed by atoms with Crippen molar-refractivity contribution in [2.24, 2.45) is 5.92 Å². The highest BCUT2D eigenvalue weighted by Gasteiger charge is 2.47. The Hall–Kier alpha value is -3.45. The molecule has 4 rings (SSSR count). The molecule has 152 valence electrons. The number of carbonyl (C=O) groups is 2. The van der Waals surface area contributed by atoms with E-state index in [1.807, 2.05) is 12.1 Å². The van der Waals surface area contributed by atoms with E-state index in [0.29, 0.717) is 11.4 Å². The largest absolute Gasteiger partial charge is 0.272 e. The molecular weight excluding hydrogens is 400 g/mol. The van der Waals surface area contributed by atoms with Crippen LogP contribution >= 0.6 is 0 Å². The third-order valence-electron chi connectivity index (χ3n) is 4.99. The summed E-state index contributed by atoms with van der Waals surface area (Å²) in [4.78, 5) is 26.6. The summed E-state index contributed by atoms with van der Waals surface area (Å²) in [7, 11) is -3.60. The van der Waals surface area contributed by atoms with E-state index >= 15 is 0 Å². The van der Waals surface area contributed by atoms with Crippen LogP contribution in [0.25, 0.3) is 0 Å². The Labute approximate surface area is 175 Å². The molecule has 7 heteroatoms. The first kappa shape index (κ1) is 19.8. The van der Waals surface area contributed by atoms with Crippen molar-refractivity contribution in [2.45, 2.75) is 11.3 Å². The first-order chi connectivity index (χ1) is 14.5. The molecule has 0 spiro atoms. The molecule has 3 aromatic carbocycles. The summed E-state index contributed by atoms with van der Waals surface area (Å²) >= 11 is 0. The Bertz CT molecular complexity index is 1090. The van der Waals surface area contributed by atoms with Gasteiger partial charge in [-0.05, 0) is 42.8 Å². The molecular formula is C23H20N2O4S. The fourth-order valence-electron chi connectivity index (χ4n) is 3.49. The van der Waals surface area contributed by atoms with Crippen LogP contribution in [0.15, 0.2) is 95.9 Å². The van der Waals surface area contributed by atoms with E-state index in [0.717, 1.165) is 0 Å². The lowest BCUT2D eigenvalue weighted by Gasteiger charge is -2.27. The third-order valence-corrected chi connectivity index (χ3v) is 6.76. The van der Waals surface area contributed by atoms with E-state index < -0.39 is 27.6 Å². The highest BCUT2D eigenvalue weighted by atomic mass is 32.2. The number of hydrogen-bond acceptors (Lipinski definition) is 4. The standard InChI is InChI=1S/C23H20N2O4S/c26-22-21(16-17-30(28,29)20-14-8-3-9-15-20)23(27)25(19-12-6-2-7-13-19)24(22)18-10-4-1-5-11-18/h1-15,21H,16-17H2. The van der Waals surface area contributed by atoms with Crippen LogP contribution in [0, 0.1) is 5.92 Å². The topological polar surface area (TPSA) is 74.8 Å². The molecule has 0 aliphatic carbocycles. The number of carbonyl (C=O) groups excluding carboxylic acids is 2. The van der Waals surface area contributed by atoms with E-state index in [-0.39, 0.29) is 17.1 Å². The normalized spacial score (nSPS) is 15.1. The van der Waals surface area contributed by atoms with Crippen molar-refractivity contribution in [3.63, 3.8) is 0 Å². The third kappa shape index (κ3) is 3.71. The molecule has 30 heavy (non-hydrogen) atoms. The number of rotatable bonds is 6. The predicted octanol–water partition coefficient (Wildman–Crippen LogP) is 3.46. The smallest absolute Gasteiger partial charge is 0.258 e. The summed E-state index contributed by atoms with van der Waals surface area (Å²) in [6.07, 6.45) is -0.0818. The summed E-state index contributed by atoms with van der Waals surface area (Å²) in [5.41, 5.74) is 1.10. The van der Waals surface area contributed by atoms with Gasteiger partial charge < -0.3 is 0 Å². The molecule has 1 fully saturated rings. The van der Waals surface area contributed by atoms with Gasteiger partial charge in [-0.25, -0.2) is 18.4 Å². The van der Waals surface area contributed by atoms with Gasteiger partial charge in [0.2, 0.25) is 0 Å². The van der Waals surface area contributed by atoms with Crippen LogP contribution in [-0.4, -0.2) is 26.0 Å². The van der Waals surface area contributed by atoms with Crippen molar-refractivity contribution in [1.82, 2.24) is 0 Å². The van der Waals surface area contributed by atoms with Crippen LogP contribution in [0.5, 0.6) is 0 Å². The number of sulfone groups is 1. The van der Waals surface area contributed by atoms with E-state index in [1.54, 1.807) is 66.7 Å². The molecule has 0 aromatic heterocycles. The maximum Gasteiger partial charge on any atom is 0.258 e. The molecule has 0 unspecified atom stereocenters. The number of amides is 2. The Morgan fingerprint density at radius 1 is 0.633 bits per heavy atom. The first-order valence-corrected chi connectivity index (χ1v) is 11.2. The average Bonchev–Trinajstić information content (AvgIpc) is 3.04. The van der Waals surface area contributed by atoms with Crippen molar-refractivity contribution in [2.75, 3.05) is 15.8 Å². The zero-order chi connectivity index (χ0) is 21.1. The Morgan fingerprint density at radius 2 is 1.03 bits per heavy atom. The molecule has 1 saturated heterocycles. The lowest BCUT2D eigenvalue weighted by molar-refractivity contribution is -0.127. The number of para-hydroxylation sites is 2. The summed E-state index contributed by atoms with van der Waals surface area (Å²) in [5.74, 6) is -2.22.